The van der Waals surface area contributed by atoms with Crippen LogP contribution in [-0.4, -0.2) is 57.7 Å². The van der Waals surface area contributed by atoms with Crippen LogP contribution in [0.3, 0.4) is 0 Å². The second-order valence-electron chi connectivity index (χ2n) is 7.94. The molecule has 0 bridgehead atoms. The third kappa shape index (κ3) is 3.11. The van der Waals surface area contributed by atoms with Gasteiger partial charge in [-0.15, -0.1) is 0 Å². The van der Waals surface area contributed by atoms with Gasteiger partial charge in [0.2, 0.25) is 5.91 Å². The minimum Gasteiger partial charge on any atom is -0.481 e. The van der Waals surface area contributed by atoms with E-state index < -0.39 is 29.2 Å². The summed E-state index contributed by atoms with van der Waals surface area (Å²) in [5.74, 6) is -2.55. The Bertz CT molecular complexity index is 783. The Hall–Kier alpha value is -2.70. The number of rotatable bonds is 4. The highest BCUT2D eigenvalue weighted by atomic mass is 16.4. The lowest BCUT2D eigenvalue weighted by molar-refractivity contribution is -0.154. The first-order chi connectivity index (χ1) is 12.7. The van der Waals surface area contributed by atoms with Crippen molar-refractivity contribution < 1.29 is 24.3 Å². The molecule has 1 N–H and O–H groups in total. The van der Waals surface area contributed by atoms with E-state index in [-0.39, 0.29) is 18.4 Å². The molecule has 1 aromatic rings. The Kier molecular flexibility index (Phi) is 4.80. The summed E-state index contributed by atoms with van der Waals surface area (Å²) in [4.78, 5) is 53.0. The summed E-state index contributed by atoms with van der Waals surface area (Å²) in [5, 5.41) is 9.50. The van der Waals surface area contributed by atoms with E-state index in [9.17, 15) is 24.3 Å². The third-order valence-electron chi connectivity index (χ3n) is 5.51. The van der Waals surface area contributed by atoms with E-state index in [1.54, 1.807) is 45.0 Å². The molecule has 3 amide bonds. The fourth-order valence-corrected chi connectivity index (χ4v) is 3.94. The van der Waals surface area contributed by atoms with Crippen molar-refractivity contribution in [3.05, 3.63) is 35.4 Å². The molecule has 0 radical (unpaired) electrons. The molecule has 144 valence electrons. The number of carbonyl (C=O) groups excluding carboxylic acids is 3. The largest absolute Gasteiger partial charge is 0.481 e. The Morgan fingerprint density at radius 3 is 2.15 bits per heavy atom. The lowest BCUT2D eigenvalue weighted by Gasteiger charge is -2.40. The number of carbonyl (C=O) groups is 4. The maximum absolute atomic E-state index is 13.3. The zero-order valence-electron chi connectivity index (χ0n) is 15.8. The Morgan fingerprint density at radius 1 is 1.11 bits per heavy atom. The lowest BCUT2D eigenvalue weighted by Crippen LogP contribution is -2.57. The Balaban J connectivity index is 1.91. The predicted molar refractivity (Wildman–Crippen MR) is 97.1 cm³/mol. The number of aliphatic carboxylic acids is 1. The van der Waals surface area contributed by atoms with Crippen LogP contribution in [0.5, 0.6) is 0 Å². The molecular formula is C20H24N2O5. The van der Waals surface area contributed by atoms with Gasteiger partial charge < -0.3 is 10.0 Å². The number of likely N-dealkylation sites (tertiary alicyclic amines) is 1. The van der Waals surface area contributed by atoms with E-state index in [1.165, 1.54) is 4.90 Å². The van der Waals surface area contributed by atoms with Gasteiger partial charge in [-0.2, -0.15) is 0 Å². The van der Waals surface area contributed by atoms with Crippen molar-refractivity contribution in [1.29, 1.82) is 0 Å². The number of nitrogens with zero attached hydrogens (tertiary/aromatic N) is 2. The van der Waals surface area contributed by atoms with Crippen LogP contribution in [0.2, 0.25) is 0 Å². The Morgan fingerprint density at radius 2 is 1.67 bits per heavy atom. The first-order valence-electron chi connectivity index (χ1n) is 9.16. The highest BCUT2D eigenvalue weighted by Crippen LogP contribution is 2.33. The monoisotopic (exact) mass is 372 g/mol. The second-order valence-corrected chi connectivity index (χ2v) is 7.94. The summed E-state index contributed by atoms with van der Waals surface area (Å²) in [5.41, 5.74) is -0.415. The van der Waals surface area contributed by atoms with E-state index in [4.69, 9.17) is 0 Å². The maximum Gasteiger partial charge on any atom is 0.311 e. The normalized spacial score (nSPS) is 23.6. The van der Waals surface area contributed by atoms with Gasteiger partial charge in [-0.05, 0) is 37.8 Å². The van der Waals surface area contributed by atoms with Crippen LogP contribution in [0.4, 0.5) is 0 Å². The number of carboxylic acids is 1. The number of imide groups is 1. The minimum absolute atomic E-state index is 0.0769. The third-order valence-corrected chi connectivity index (χ3v) is 5.51. The quantitative estimate of drug-likeness (QED) is 0.816. The zero-order chi connectivity index (χ0) is 19.9. The number of hydrogen-bond acceptors (Lipinski definition) is 4. The summed E-state index contributed by atoms with van der Waals surface area (Å²) in [6.07, 6.45) is 1.06. The molecule has 1 fully saturated rings. The van der Waals surface area contributed by atoms with Crippen molar-refractivity contribution >= 4 is 23.7 Å². The van der Waals surface area contributed by atoms with Gasteiger partial charge in [-0.1, -0.05) is 26.0 Å². The molecule has 0 aromatic heterocycles. The number of carboxylic acid groups (broad SMARTS) is 1. The molecule has 7 nitrogen and oxygen atoms in total. The van der Waals surface area contributed by atoms with Crippen molar-refractivity contribution in [2.24, 2.45) is 11.3 Å². The van der Waals surface area contributed by atoms with Crippen molar-refractivity contribution in [3.63, 3.8) is 0 Å². The van der Waals surface area contributed by atoms with Gasteiger partial charge in [-0.3, -0.25) is 24.1 Å². The number of fused-ring (bicyclic) bond motifs is 1. The van der Waals surface area contributed by atoms with Crippen LogP contribution in [0.15, 0.2) is 24.3 Å². The summed E-state index contributed by atoms with van der Waals surface area (Å²) >= 11 is 0. The van der Waals surface area contributed by atoms with Crippen molar-refractivity contribution in [3.8, 4) is 0 Å². The lowest BCUT2D eigenvalue weighted by atomic mass is 9.81. The van der Waals surface area contributed by atoms with Gasteiger partial charge in [0, 0.05) is 13.1 Å². The maximum atomic E-state index is 13.3. The first kappa shape index (κ1) is 19.1. The van der Waals surface area contributed by atoms with E-state index >= 15 is 0 Å². The van der Waals surface area contributed by atoms with Gasteiger partial charge >= 0.3 is 5.97 Å². The van der Waals surface area contributed by atoms with Crippen LogP contribution >= 0.6 is 0 Å². The van der Waals surface area contributed by atoms with Crippen LogP contribution in [0, 0.1) is 11.3 Å². The van der Waals surface area contributed by atoms with Gasteiger partial charge in [-0.25, -0.2) is 0 Å². The van der Waals surface area contributed by atoms with E-state index in [0.717, 1.165) is 4.90 Å². The van der Waals surface area contributed by atoms with Crippen LogP contribution in [0.25, 0.3) is 0 Å². The summed E-state index contributed by atoms with van der Waals surface area (Å²) in [6.45, 7) is 5.70. The zero-order valence-corrected chi connectivity index (χ0v) is 15.8. The molecule has 1 aromatic carbocycles. The number of hydrogen-bond donors (Lipinski definition) is 1. The summed E-state index contributed by atoms with van der Waals surface area (Å²) < 4.78 is 0. The van der Waals surface area contributed by atoms with Crippen LogP contribution in [-0.2, 0) is 9.59 Å². The molecule has 27 heavy (non-hydrogen) atoms. The molecule has 3 rings (SSSR count). The highest BCUT2D eigenvalue weighted by molar-refractivity contribution is 6.22. The molecule has 2 heterocycles. The molecule has 7 heteroatoms. The molecule has 0 saturated carbocycles. The average Bonchev–Trinajstić information content (AvgIpc) is 2.87. The standard InChI is InChI=1S/C20H24N2O5/c1-12(2)15(18(25)21-10-6-9-20(3,11-21)19(26)27)22-16(23)13-7-4-5-8-14(13)17(22)24/h4-5,7-8,12,15H,6,9-11H2,1-3H3,(H,26,27). The minimum atomic E-state index is -1.02. The number of piperidine rings is 1. The molecule has 2 unspecified atom stereocenters. The van der Waals surface area contributed by atoms with Gasteiger partial charge in [0.25, 0.3) is 11.8 Å². The average molecular weight is 372 g/mol. The summed E-state index contributed by atoms with van der Waals surface area (Å²) in [6, 6.07) is 5.58. The smallest absolute Gasteiger partial charge is 0.311 e. The fraction of sp³-hybridized carbons (Fsp3) is 0.500. The fourth-order valence-electron chi connectivity index (χ4n) is 3.94. The molecule has 0 spiro atoms. The van der Waals surface area contributed by atoms with Crippen molar-refractivity contribution in [2.45, 2.75) is 39.7 Å². The van der Waals surface area contributed by atoms with E-state index in [0.29, 0.717) is 30.5 Å². The molecule has 2 aliphatic heterocycles. The number of benzene rings is 1. The van der Waals surface area contributed by atoms with E-state index in [1.807, 2.05) is 0 Å². The van der Waals surface area contributed by atoms with Crippen molar-refractivity contribution in [2.75, 3.05) is 13.1 Å². The number of amides is 3. The highest BCUT2D eigenvalue weighted by Gasteiger charge is 2.47. The summed E-state index contributed by atoms with van der Waals surface area (Å²) in [7, 11) is 0. The molecule has 1 saturated heterocycles. The molecule has 0 aliphatic carbocycles. The molecular weight excluding hydrogens is 348 g/mol. The molecule has 2 aliphatic rings. The second kappa shape index (κ2) is 6.79. The van der Waals surface area contributed by atoms with Crippen LogP contribution < -0.4 is 0 Å². The molecule has 2 atom stereocenters. The van der Waals surface area contributed by atoms with E-state index in [2.05, 4.69) is 0 Å². The van der Waals surface area contributed by atoms with Crippen LogP contribution in [0.1, 0.15) is 54.3 Å². The first-order valence-corrected chi connectivity index (χ1v) is 9.16. The van der Waals surface area contributed by atoms with Gasteiger partial charge in [0.15, 0.2) is 0 Å². The van der Waals surface area contributed by atoms with Gasteiger partial charge in [0.1, 0.15) is 6.04 Å². The predicted octanol–water partition coefficient (Wildman–Crippen LogP) is 2.02. The SMILES string of the molecule is CC(C)C(C(=O)N1CCCC(C)(C(=O)O)C1)N1C(=O)c2ccccc2C1=O. The van der Waals surface area contributed by atoms with Crippen molar-refractivity contribution in [1.82, 2.24) is 9.80 Å². The van der Waals surface area contributed by atoms with Gasteiger partial charge in [0.05, 0.1) is 16.5 Å². The topological polar surface area (TPSA) is 95.0 Å². The Labute approximate surface area is 157 Å².